The van der Waals surface area contributed by atoms with E-state index in [4.69, 9.17) is 9.47 Å². The summed E-state index contributed by atoms with van der Waals surface area (Å²) in [5.74, 6) is 0.915. The maximum atomic E-state index is 12.4. The summed E-state index contributed by atoms with van der Waals surface area (Å²) < 4.78 is 11.5. The minimum atomic E-state index is -0.0426. The van der Waals surface area contributed by atoms with Crippen molar-refractivity contribution in [3.05, 3.63) is 65.7 Å². The Bertz CT molecular complexity index is 672. The van der Waals surface area contributed by atoms with E-state index < -0.39 is 0 Å². The summed E-state index contributed by atoms with van der Waals surface area (Å²) in [5, 5.41) is 0. The van der Waals surface area contributed by atoms with Crippen LogP contribution in [-0.2, 0) is 9.53 Å². The fourth-order valence-corrected chi connectivity index (χ4v) is 2.94. The van der Waals surface area contributed by atoms with Gasteiger partial charge in [-0.1, -0.05) is 42.5 Å². The number of nitrogens with zero attached hydrogens (tertiary/aromatic N) is 1. The Hall–Kier alpha value is -2.33. The van der Waals surface area contributed by atoms with Crippen LogP contribution in [-0.4, -0.2) is 37.1 Å². The summed E-state index contributed by atoms with van der Waals surface area (Å²) in [4.78, 5) is 14.3. The van der Waals surface area contributed by atoms with Crippen molar-refractivity contribution in [3.63, 3.8) is 0 Å². The number of aryl methyl sites for hydroxylation is 1. The van der Waals surface area contributed by atoms with E-state index in [1.165, 1.54) is 5.56 Å². The van der Waals surface area contributed by atoms with Crippen LogP contribution < -0.4 is 4.74 Å². The molecule has 0 aliphatic carbocycles. The van der Waals surface area contributed by atoms with Crippen molar-refractivity contribution in [1.82, 2.24) is 4.90 Å². The fourth-order valence-electron chi connectivity index (χ4n) is 2.94. The van der Waals surface area contributed by atoms with Gasteiger partial charge in [-0.05, 0) is 30.2 Å². The lowest BCUT2D eigenvalue weighted by atomic mass is 10.0. The Balaban J connectivity index is 1.52. The number of para-hydroxylation sites is 1. The molecular weight excluding hydrogens is 302 g/mol. The Morgan fingerprint density at radius 2 is 1.92 bits per heavy atom. The molecule has 1 atom stereocenters. The maximum absolute atomic E-state index is 12.4. The maximum Gasteiger partial charge on any atom is 0.226 e. The van der Waals surface area contributed by atoms with Gasteiger partial charge in [0.1, 0.15) is 11.9 Å². The summed E-state index contributed by atoms with van der Waals surface area (Å²) in [6.07, 6.45) is 0.342. The number of hydrogen-bond donors (Lipinski definition) is 0. The first-order valence-corrected chi connectivity index (χ1v) is 8.37. The van der Waals surface area contributed by atoms with Crippen molar-refractivity contribution in [2.24, 2.45) is 0 Å². The SMILES string of the molecule is Cc1ccccc1C1CN(C(=O)CCOc2ccccc2)CCO1. The molecule has 1 aliphatic heterocycles. The molecule has 0 saturated carbocycles. The molecule has 1 amide bonds. The zero-order valence-electron chi connectivity index (χ0n) is 14.0. The number of hydrogen-bond acceptors (Lipinski definition) is 3. The van der Waals surface area contributed by atoms with E-state index in [2.05, 4.69) is 19.1 Å². The molecule has 4 heteroatoms. The summed E-state index contributed by atoms with van der Waals surface area (Å²) in [6, 6.07) is 17.8. The van der Waals surface area contributed by atoms with Crippen LogP contribution in [0.3, 0.4) is 0 Å². The first-order chi connectivity index (χ1) is 11.7. The number of carbonyl (C=O) groups excluding carboxylic acids is 1. The van der Waals surface area contributed by atoms with E-state index >= 15 is 0 Å². The molecule has 2 aromatic carbocycles. The molecule has 126 valence electrons. The first kappa shape index (κ1) is 16.5. The van der Waals surface area contributed by atoms with Crippen LogP contribution in [0.15, 0.2) is 54.6 Å². The zero-order chi connectivity index (χ0) is 16.8. The van der Waals surface area contributed by atoms with Crippen LogP contribution in [0.5, 0.6) is 5.75 Å². The van der Waals surface area contributed by atoms with Crippen LogP contribution in [0.2, 0.25) is 0 Å². The highest BCUT2D eigenvalue weighted by molar-refractivity contribution is 5.76. The molecule has 1 aliphatic rings. The van der Waals surface area contributed by atoms with Crippen molar-refractivity contribution in [2.75, 3.05) is 26.3 Å². The third-order valence-electron chi connectivity index (χ3n) is 4.28. The molecular formula is C20H23NO3. The largest absolute Gasteiger partial charge is 0.493 e. The number of ether oxygens (including phenoxy) is 2. The Kier molecular flexibility index (Phi) is 5.49. The molecule has 0 spiro atoms. The van der Waals surface area contributed by atoms with E-state index in [0.29, 0.717) is 32.7 Å². The standard InChI is InChI=1S/C20H23NO3/c1-16-7-5-6-10-18(16)19-15-21(12-14-24-19)20(22)11-13-23-17-8-3-2-4-9-17/h2-10,19H,11-15H2,1H3. The molecule has 1 fully saturated rings. The highest BCUT2D eigenvalue weighted by Gasteiger charge is 2.25. The smallest absolute Gasteiger partial charge is 0.226 e. The quantitative estimate of drug-likeness (QED) is 0.846. The second-order valence-electron chi connectivity index (χ2n) is 5.97. The minimum Gasteiger partial charge on any atom is -0.493 e. The number of amides is 1. The van der Waals surface area contributed by atoms with Crippen LogP contribution in [0, 0.1) is 6.92 Å². The normalized spacial score (nSPS) is 17.5. The van der Waals surface area contributed by atoms with Gasteiger partial charge in [-0.3, -0.25) is 4.79 Å². The molecule has 0 aromatic heterocycles. The molecule has 3 rings (SSSR count). The summed E-state index contributed by atoms with van der Waals surface area (Å²) in [7, 11) is 0. The van der Waals surface area contributed by atoms with Gasteiger partial charge in [-0.15, -0.1) is 0 Å². The number of morpholine rings is 1. The number of carbonyl (C=O) groups is 1. The molecule has 1 heterocycles. The third-order valence-corrected chi connectivity index (χ3v) is 4.28. The molecule has 0 N–H and O–H groups in total. The van der Waals surface area contributed by atoms with E-state index in [-0.39, 0.29) is 12.0 Å². The van der Waals surface area contributed by atoms with E-state index in [0.717, 1.165) is 11.3 Å². The topological polar surface area (TPSA) is 38.8 Å². The van der Waals surface area contributed by atoms with Crippen molar-refractivity contribution in [1.29, 1.82) is 0 Å². The lowest BCUT2D eigenvalue weighted by Crippen LogP contribution is -2.42. The van der Waals surface area contributed by atoms with Crippen LogP contribution in [0.25, 0.3) is 0 Å². The van der Waals surface area contributed by atoms with Crippen LogP contribution in [0.4, 0.5) is 0 Å². The average Bonchev–Trinajstić information content (AvgIpc) is 2.63. The van der Waals surface area contributed by atoms with Crippen LogP contribution >= 0.6 is 0 Å². The van der Waals surface area contributed by atoms with Gasteiger partial charge in [0.05, 0.1) is 26.2 Å². The van der Waals surface area contributed by atoms with Gasteiger partial charge in [0.2, 0.25) is 5.91 Å². The third kappa shape index (κ3) is 4.15. The van der Waals surface area contributed by atoms with Crippen molar-refractivity contribution >= 4 is 5.91 Å². The van der Waals surface area contributed by atoms with Gasteiger partial charge in [0, 0.05) is 6.54 Å². The molecule has 1 unspecified atom stereocenters. The van der Waals surface area contributed by atoms with E-state index in [1.807, 2.05) is 47.4 Å². The Labute approximate surface area is 143 Å². The first-order valence-electron chi connectivity index (χ1n) is 8.37. The molecule has 1 saturated heterocycles. The Morgan fingerprint density at radius 3 is 2.71 bits per heavy atom. The molecule has 4 nitrogen and oxygen atoms in total. The summed E-state index contributed by atoms with van der Waals surface area (Å²) in [5.41, 5.74) is 2.36. The van der Waals surface area contributed by atoms with Gasteiger partial charge in [0.15, 0.2) is 0 Å². The molecule has 0 radical (unpaired) electrons. The van der Waals surface area contributed by atoms with Gasteiger partial charge in [-0.25, -0.2) is 0 Å². The average molecular weight is 325 g/mol. The highest BCUT2D eigenvalue weighted by atomic mass is 16.5. The summed E-state index contributed by atoms with van der Waals surface area (Å²) >= 11 is 0. The lowest BCUT2D eigenvalue weighted by molar-refractivity contribution is -0.139. The molecule has 24 heavy (non-hydrogen) atoms. The zero-order valence-corrected chi connectivity index (χ0v) is 14.0. The fraction of sp³-hybridized carbons (Fsp3) is 0.350. The van der Waals surface area contributed by atoms with Gasteiger partial charge >= 0.3 is 0 Å². The summed E-state index contributed by atoms with van der Waals surface area (Å²) in [6.45, 7) is 4.30. The van der Waals surface area contributed by atoms with Crippen molar-refractivity contribution < 1.29 is 14.3 Å². The number of benzene rings is 2. The molecule has 0 bridgehead atoms. The lowest BCUT2D eigenvalue weighted by Gasteiger charge is -2.34. The van der Waals surface area contributed by atoms with Crippen LogP contribution in [0.1, 0.15) is 23.7 Å². The van der Waals surface area contributed by atoms with Crippen molar-refractivity contribution in [2.45, 2.75) is 19.4 Å². The second kappa shape index (κ2) is 7.97. The van der Waals surface area contributed by atoms with E-state index in [1.54, 1.807) is 0 Å². The second-order valence-corrected chi connectivity index (χ2v) is 5.97. The monoisotopic (exact) mass is 325 g/mol. The predicted molar refractivity (Wildman–Crippen MR) is 93.0 cm³/mol. The van der Waals surface area contributed by atoms with E-state index in [9.17, 15) is 4.79 Å². The van der Waals surface area contributed by atoms with Crippen molar-refractivity contribution in [3.8, 4) is 5.75 Å². The highest BCUT2D eigenvalue weighted by Crippen LogP contribution is 2.25. The number of rotatable bonds is 5. The molecule has 2 aromatic rings. The van der Waals surface area contributed by atoms with Gasteiger partial charge < -0.3 is 14.4 Å². The van der Waals surface area contributed by atoms with Gasteiger partial charge in [0.25, 0.3) is 0 Å². The predicted octanol–water partition coefficient (Wildman–Crippen LogP) is 3.36. The minimum absolute atomic E-state index is 0.0426. The van der Waals surface area contributed by atoms with Gasteiger partial charge in [-0.2, -0.15) is 0 Å². The Morgan fingerprint density at radius 1 is 1.17 bits per heavy atom.